The Labute approximate surface area is 94.5 Å². The minimum atomic E-state index is 0.898. The number of hydrogen-bond donors (Lipinski definition) is 0. The Kier molecular flexibility index (Phi) is 4.05. The second kappa shape index (κ2) is 5.53. The molecule has 0 spiro atoms. The summed E-state index contributed by atoms with van der Waals surface area (Å²) in [6, 6.07) is 0. The summed E-state index contributed by atoms with van der Waals surface area (Å²) in [6.07, 6.45) is 18.3. The van der Waals surface area contributed by atoms with Gasteiger partial charge >= 0.3 is 0 Å². The summed E-state index contributed by atoms with van der Waals surface area (Å²) >= 11 is 0. The molecule has 0 aromatic carbocycles. The largest absolute Gasteiger partial charge is 0.0885 e. The van der Waals surface area contributed by atoms with Gasteiger partial charge in [0.25, 0.3) is 0 Å². The zero-order valence-corrected chi connectivity index (χ0v) is 10.0. The highest BCUT2D eigenvalue weighted by atomic mass is 14.3. The van der Waals surface area contributed by atoms with Crippen LogP contribution in [0.25, 0.3) is 0 Å². The summed E-state index contributed by atoms with van der Waals surface area (Å²) in [4.78, 5) is 0. The van der Waals surface area contributed by atoms with E-state index in [1.807, 2.05) is 0 Å². The molecule has 0 bridgehead atoms. The first-order chi connectivity index (χ1) is 7.42. The van der Waals surface area contributed by atoms with Gasteiger partial charge in [-0.25, -0.2) is 0 Å². The normalized spacial score (nSPS) is 28.6. The summed E-state index contributed by atoms with van der Waals surface area (Å²) in [5, 5.41) is 0. The fourth-order valence-electron chi connectivity index (χ4n) is 3.28. The maximum Gasteiger partial charge on any atom is -0.0174 e. The quantitative estimate of drug-likeness (QED) is 0.575. The average molecular weight is 204 g/mol. The molecule has 0 saturated carbocycles. The van der Waals surface area contributed by atoms with Crippen LogP contribution in [0.1, 0.15) is 58.3 Å². The van der Waals surface area contributed by atoms with Crippen molar-refractivity contribution in [2.24, 2.45) is 11.8 Å². The first-order valence-electron chi connectivity index (χ1n) is 6.75. The third-order valence-electron chi connectivity index (χ3n) is 4.12. The molecule has 84 valence electrons. The SMILES string of the molecule is CCC(C1=CCCCC1)C1CC=CCC1. The number of rotatable bonds is 3. The van der Waals surface area contributed by atoms with Gasteiger partial charge in [-0.15, -0.1) is 0 Å². The second-order valence-corrected chi connectivity index (χ2v) is 5.08. The van der Waals surface area contributed by atoms with E-state index in [1.165, 1.54) is 51.4 Å². The van der Waals surface area contributed by atoms with Crippen molar-refractivity contribution in [1.82, 2.24) is 0 Å². The molecule has 2 aliphatic rings. The molecule has 2 unspecified atom stereocenters. The van der Waals surface area contributed by atoms with E-state index in [2.05, 4.69) is 25.2 Å². The summed E-state index contributed by atoms with van der Waals surface area (Å²) in [5.41, 5.74) is 1.80. The Morgan fingerprint density at radius 1 is 1.27 bits per heavy atom. The van der Waals surface area contributed by atoms with Crippen LogP contribution >= 0.6 is 0 Å². The zero-order valence-electron chi connectivity index (χ0n) is 10.0. The molecule has 0 heterocycles. The van der Waals surface area contributed by atoms with Crippen molar-refractivity contribution >= 4 is 0 Å². The minimum Gasteiger partial charge on any atom is -0.0885 e. The lowest BCUT2D eigenvalue weighted by Crippen LogP contribution is -2.18. The van der Waals surface area contributed by atoms with Crippen LogP contribution in [0, 0.1) is 11.8 Å². The predicted octanol–water partition coefficient (Wildman–Crippen LogP) is 4.87. The van der Waals surface area contributed by atoms with E-state index >= 15 is 0 Å². The van der Waals surface area contributed by atoms with E-state index in [-0.39, 0.29) is 0 Å². The molecule has 0 aliphatic heterocycles. The molecule has 0 heteroatoms. The Morgan fingerprint density at radius 3 is 2.80 bits per heavy atom. The van der Waals surface area contributed by atoms with Gasteiger partial charge in [-0.2, -0.15) is 0 Å². The highest BCUT2D eigenvalue weighted by Crippen LogP contribution is 2.37. The van der Waals surface area contributed by atoms with Gasteiger partial charge < -0.3 is 0 Å². The maximum absolute atomic E-state index is 2.55. The third-order valence-corrected chi connectivity index (χ3v) is 4.12. The standard InChI is InChI=1S/C15H24/c1-2-15(13-9-5-3-6-10-13)14-11-7-4-8-12-14/h3,5,11,13,15H,2,4,6-10,12H2,1H3. The van der Waals surface area contributed by atoms with Crippen molar-refractivity contribution in [2.75, 3.05) is 0 Å². The van der Waals surface area contributed by atoms with Gasteiger partial charge in [0.1, 0.15) is 0 Å². The van der Waals surface area contributed by atoms with Crippen LogP contribution in [0.4, 0.5) is 0 Å². The van der Waals surface area contributed by atoms with E-state index in [1.54, 1.807) is 5.57 Å². The Bertz CT molecular complexity index is 247. The monoisotopic (exact) mass is 204 g/mol. The molecule has 2 atom stereocenters. The number of allylic oxidation sites excluding steroid dienone is 4. The van der Waals surface area contributed by atoms with Crippen LogP contribution in [0.5, 0.6) is 0 Å². The van der Waals surface area contributed by atoms with Gasteiger partial charge in [0.15, 0.2) is 0 Å². The second-order valence-electron chi connectivity index (χ2n) is 5.08. The van der Waals surface area contributed by atoms with Crippen LogP contribution in [0.3, 0.4) is 0 Å². The topological polar surface area (TPSA) is 0 Å². The highest BCUT2D eigenvalue weighted by Gasteiger charge is 2.23. The van der Waals surface area contributed by atoms with Crippen LogP contribution in [-0.4, -0.2) is 0 Å². The van der Waals surface area contributed by atoms with Gasteiger partial charge in [0.2, 0.25) is 0 Å². The van der Waals surface area contributed by atoms with Gasteiger partial charge in [-0.05, 0) is 63.2 Å². The van der Waals surface area contributed by atoms with Crippen molar-refractivity contribution in [2.45, 2.75) is 58.3 Å². The first kappa shape index (κ1) is 11.0. The van der Waals surface area contributed by atoms with Gasteiger partial charge in [0.05, 0.1) is 0 Å². The van der Waals surface area contributed by atoms with E-state index < -0.39 is 0 Å². The maximum atomic E-state index is 2.55. The third kappa shape index (κ3) is 2.74. The summed E-state index contributed by atoms with van der Waals surface area (Å²) < 4.78 is 0. The molecular weight excluding hydrogens is 180 g/mol. The Balaban J connectivity index is 2.01. The van der Waals surface area contributed by atoms with Crippen LogP contribution in [0.15, 0.2) is 23.8 Å². The number of hydrogen-bond acceptors (Lipinski definition) is 0. The van der Waals surface area contributed by atoms with E-state index in [4.69, 9.17) is 0 Å². The minimum absolute atomic E-state index is 0.898. The molecule has 0 aromatic heterocycles. The fraction of sp³-hybridized carbons (Fsp3) is 0.733. The average Bonchev–Trinajstić information content (AvgIpc) is 2.33. The molecule has 15 heavy (non-hydrogen) atoms. The Morgan fingerprint density at radius 2 is 2.20 bits per heavy atom. The van der Waals surface area contributed by atoms with Crippen LogP contribution in [-0.2, 0) is 0 Å². The van der Waals surface area contributed by atoms with E-state index in [0.717, 1.165) is 11.8 Å². The lowest BCUT2D eigenvalue weighted by Gasteiger charge is -2.31. The zero-order chi connectivity index (χ0) is 10.5. The van der Waals surface area contributed by atoms with Crippen LogP contribution in [0.2, 0.25) is 0 Å². The fourth-order valence-corrected chi connectivity index (χ4v) is 3.28. The van der Waals surface area contributed by atoms with Crippen molar-refractivity contribution in [3.8, 4) is 0 Å². The summed E-state index contributed by atoms with van der Waals surface area (Å²) in [7, 11) is 0. The van der Waals surface area contributed by atoms with Crippen molar-refractivity contribution in [3.63, 3.8) is 0 Å². The molecule has 2 aliphatic carbocycles. The van der Waals surface area contributed by atoms with Gasteiger partial charge in [-0.3, -0.25) is 0 Å². The molecule has 0 aromatic rings. The first-order valence-corrected chi connectivity index (χ1v) is 6.75. The van der Waals surface area contributed by atoms with Crippen molar-refractivity contribution in [1.29, 1.82) is 0 Å². The lowest BCUT2D eigenvalue weighted by atomic mass is 9.75. The molecule has 0 fully saturated rings. The van der Waals surface area contributed by atoms with Crippen molar-refractivity contribution in [3.05, 3.63) is 23.8 Å². The van der Waals surface area contributed by atoms with E-state index in [9.17, 15) is 0 Å². The Hall–Kier alpha value is -0.520. The molecule has 2 rings (SSSR count). The molecule has 0 amide bonds. The smallest absolute Gasteiger partial charge is 0.0174 e. The lowest BCUT2D eigenvalue weighted by molar-refractivity contribution is 0.329. The summed E-state index contributed by atoms with van der Waals surface area (Å²) in [6.45, 7) is 2.37. The molecular formula is C15H24. The predicted molar refractivity (Wildman–Crippen MR) is 66.8 cm³/mol. The molecule has 0 N–H and O–H groups in total. The van der Waals surface area contributed by atoms with Crippen LogP contribution < -0.4 is 0 Å². The van der Waals surface area contributed by atoms with Gasteiger partial charge in [0, 0.05) is 0 Å². The van der Waals surface area contributed by atoms with E-state index in [0.29, 0.717) is 0 Å². The van der Waals surface area contributed by atoms with Crippen molar-refractivity contribution < 1.29 is 0 Å². The molecule has 0 saturated heterocycles. The van der Waals surface area contributed by atoms with Gasteiger partial charge in [-0.1, -0.05) is 30.7 Å². The molecule has 0 radical (unpaired) electrons. The molecule has 0 nitrogen and oxygen atoms in total. The highest BCUT2D eigenvalue weighted by molar-refractivity contribution is 5.12. The summed E-state index contributed by atoms with van der Waals surface area (Å²) in [5.74, 6) is 1.85.